The zero-order valence-electron chi connectivity index (χ0n) is 12.7. The Bertz CT molecular complexity index is 319. The van der Waals surface area contributed by atoms with Gasteiger partial charge >= 0.3 is 0 Å². The van der Waals surface area contributed by atoms with Crippen molar-refractivity contribution in [2.45, 2.75) is 58.8 Å². The third kappa shape index (κ3) is 6.51. The lowest BCUT2D eigenvalue weighted by Crippen LogP contribution is -2.25. The van der Waals surface area contributed by atoms with Crippen LogP contribution in [0.4, 0.5) is 11.4 Å². The van der Waals surface area contributed by atoms with Crippen LogP contribution < -0.4 is 10.6 Å². The molecule has 0 radical (unpaired) electrons. The zero-order chi connectivity index (χ0) is 13.9. The van der Waals surface area contributed by atoms with Crippen molar-refractivity contribution in [3.05, 3.63) is 24.3 Å². The molecule has 2 nitrogen and oxygen atoms in total. The van der Waals surface area contributed by atoms with E-state index in [0.29, 0.717) is 0 Å². The molecule has 0 amide bonds. The van der Waals surface area contributed by atoms with Crippen LogP contribution in [0.2, 0.25) is 0 Å². The number of anilines is 2. The fourth-order valence-corrected chi connectivity index (χ4v) is 2.34. The molecule has 0 saturated carbocycles. The molecule has 19 heavy (non-hydrogen) atoms. The summed E-state index contributed by atoms with van der Waals surface area (Å²) in [6.45, 7) is 6.87. The topological polar surface area (TPSA) is 29.3 Å². The maximum Gasteiger partial charge on any atom is 0.0367 e. The van der Waals surface area contributed by atoms with Gasteiger partial charge in [0.2, 0.25) is 0 Å². The molecule has 0 atom stereocenters. The van der Waals surface area contributed by atoms with Gasteiger partial charge in [-0.05, 0) is 37.1 Å². The number of nitrogens with two attached hydrogens (primary N) is 1. The van der Waals surface area contributed by atoms with Crippen LogP contribution in [0, 0.1) is 0 Å². The van der Waals surface area contributed by atoms with Crippen LogP contribution in [-0.4, -0.2) is 13.1 Å². The SMILES string of the molecule is CCCCCCN(CCCCC)c1ccc(N)cc1. The molecule has 0 heterocycles. The third-order valence-corrected chi connectivity index (χ3v) is 3.57. The van der Waals surface area contributed by atoms with Crippen molar-refractivity contribution in [2.75, 3.05) is 23.7 Å². The minimum absolute atomic E-state index is 0.850. The maximum absolute atomic E-state index is 5.77. The van der Waals surface area contributed by atoms with Crippen molar-refractivity contribution >= 4 is 11.4 Å². The van der Waals surface area contributed by atoms with Crippen LogP contribution in [0.5, 0.6) is 0 Å². The van der Waals surface area contributed by atoms with Gasteiger partial charge in [0.1, 0.15) is 0 Å². The largest absolute Gasteiger partial charge is 0.399 e. The molecular formula is C17H30N2. The van der Waals surface area contributed by atoms with Gasteiger partial charge in [0.25, 0.3) is 0 Å². The summed E-state index contributed by atoms with van der Waals surface area (Å²) in [6.07, 6.45) is 9.18. The Balaban J connectivity index is 2.49. The van der Waals surface area contributed by atoms with Gasteiger partial charge in [-0.15, -0.1) is 0 Å². The summed E-state index contributed by atoms with van der Waals surface area (Å²) in [4.78, 5) is 2.52. The first kappa shape index (κ1) is 15.9. The van der Waals surface area contributed by atoms with Gasteiger partial charge in [-0.2, -0.15) is 0 Å². The summed E-state index contributed by atoms with van der Waals surface area (Å²) in [5, 5.41) is 0. The number of nitrogen functional groups attached to an aromatic ring is 1. The lowest BCUT2D eigenvalue weighted by atomic mass is 10.1. The summed E-state index contributed by atoms with van der Waals surface area (Å²) in [6, 6.07) is 8.32. The van der Waals surface area contributed by atoms with Crippen molar-refractivity contribution in [1.82, 2.24) is 0 Å². The fourth-order valence-electron chi connectivity index (χ4n) is 2.34. The Labute approximate surface area is 119 Å². The first-order valence-electron chi connectivity index (χ1n) is 7.88. The molecular weight excluding hydrogens is 232 g/mol. The standard InChI is InChI=1S/C17H30N2/c1-3-5-7-9-15-19(14-8-6-4-2)17-12-10-16(18)11-13-17/h10-13H,3-9,14-15,18H2,1-2H3. The molecule has 2 heteroatoms. The van der Waals surface area contributed by atoms with Gasteiger partial charge in [0.05, 0.1) is 0 Å². The summed E-state index contributed by atoms with van der Waals surface area (Å²) in [5.74, 6) is 0. The summed E-state index contributed by atoms with van der Waals surface area (Å²) in [7, 11) is 0. The number of hydrogen-bond donors (Lipinski definition) is 1. The second-order valence-electron chi connectivity index (χ2n) is 5.35. The molecule has 108 valence electrons. The zero-order valence-corrected chi connectivity index (χ0v) is 12.7. The molecule has 1 aromatic carbocycles. The quantitative estimate of drug-likeness (QED) is 0.482. The third-order valence-electron chi connectivity index (χ3n) is 3.57. The highest BCUT2D eigenvalue weighted by atomic mass is 15.1. The summed E-state index contributed by atoms with van der Waals surface area (Å²) >= 11 is 0. The molecule has 0 spiro atoms. The first-order valence-corrected chi connectivity index (χ1v) is 7.88. The van der Waals surface area contributed by atoms with E-state index in [1.807, 2.05) is 12.1 Å². The molecule has 0 saturated heterocycles. The van der Waals surface area contributed by atoms with Crippen molar-refractivity contribution < 1.29 is 0 Å². The average molecular weight is 262 g/mol. The second-order valence-corrected chi connectivity index (χ2v) is 5.35. The lowest BCUT2D eigenvalue weighted by Gasteiger charge is -2.25. The van der Waals surface area contributed by atoms with Gasteiger partial charge in [0.15, 0.2) is 0 Å². The predicted molar refractivity (Wildman–Crippen MR) is 86.7 cm³/mol. The Kier molecular flexibility index (Phi) is 8.11. The highest BCUT2D eigenvalue weighted by Crippen LogP contribution is 2.18. The van der Waals surface area contributed by atoms with Gasteiger partial charge in [0, 0.05) is 24.5 Å². The molecule has 0 aliphatic heterocycles. The minimum atomic E-state index is 0.850. The van der Waals surface area contributed by atoms with E-state index in [9.17, 15) is 0 Å². The number of benzene rings is 1. The Morgan fingerprint density at radius 3 is 1.89 bits per heavy atom. The van der Waals surface area contributed by atoms with Crippen LogP contribution in [-0.2, 0) is 0 Å². The van der Waals surface area contributed by atoms with Crippen molar-refractivity contribution in [1.29, 1.82) is 0 Å². The fraction of sp³-hybridized carbons (Fsp3) is 0.647. The molecule has 0 aliphatic carbocycles. The predicted octanol–water partition coefficient (Wildman–Crippen LogP) is 4.85. The van der Waals surface area contributed by atoms with Crippen LogP contribution in [0.15, 0.2) is 24.3 Å². The number of hydrogen-bond acceptors (Lipinski definition) is 2. The van der Waals surface area contributed by atoms with Crippen LogP contribution >= 0.6 is 0 Å². The van der Waals surface area contributed by atoms with E-state index in [-0.39, 0.29) is 0 Å². The van der Waals surface area contributed by atoms with E-state index < -0.39 is 0 Å². The first-order chi connectivity index (χ1) is 9.27. The molecule has 0 aromatic heterocycles. The maximum atomic E-state index is 5.77. The molecule has 0 fully saturated rings. The highest BCUT2D eigenvalue weighted by Gasteiger charge is 2.05. The Hall–Kier alpha value is -1.18. The average Bonchev–Trinajstić information content (AvgIpc) is 2.43. The Morgan fingerprint density at radius 1 is 0.789 bits per heavy atom. The lowest BCUT2D eigenvalue weighted by molar-refractivity contribution is 0.620. The van der Waals surface area contributed by atoms with Crippen LogP contribution in [0.1, 0.15) is 58.8 Å². The summed E-state index contributed by atoms with van der Waals surface area (Å²) in [5.41, 5.74) is 7.94. The van der Waals surface area contributed by atoms with Gasteiger partial charge in [-0.25, -0.2) is 0 Å². The van der Waals surface area contributed by atoms with Gasteiger partial charge in [-0.3, -0.25) is 0 Å². The Morgan fingerprint density at radius 2 is 1.32 bits per heavy atom. The van der Waals surface area contributed by atoms with Gasteiger partial charge < -0.3 is 10.6 Å². The minimum Gasteiger partial charge on any atom is -0.399 e. The van der Waals surface area contributed by atoms with Crippen LogP contribution in [0.3, 0.4) is 0 Å². The highest BCUT2D eigenvalue weighted by molar-refractivity contribution is 5.53. The smallest absolute Gasteiger partial charge is 0.0367 e. The summed E-state index contributed by atoms with van der Waals surface area (Å²) < 4.78 is 0. The van der Waals surface area contributed by atoms with Crippen molar-refractivity contribution in [3.8, 4) is 0 Å². The number of rotatable bonds is 10. The molecule has 1 rings (SSSR count). The van der Waals surface area contributed by atoms with E-state index in [4.69, 9.17) is 5.73 Å². The number of unbranched alkanes of at least 4 members (excludes halogenated alkanes) is 5. The number of nitrogens with zero attached hydrogens (tertiary/aromatic N) is 1. The van der Waals surface area contributed by atoms with E-state index >= 15 is 0 Å². The van der Waals surface area contributed by atoms with E-state index in [2.05, 4.69) is 30.9 Å². The van der Waals surface area contributed by atoms with E-state index in [0.717, 1.165) is 5.69 Å². The normalized spacial score (nSPS) is 10.6. The molecule has 2 N–H and O–H groups in total. The molecule has 0 bridgehead atoms. The van der Waals surface area contributed by atoms with E-state index in [1.165, 1.54) is 63.7 Å². The molecule has 1 aromatic rings. The van der Waals surface area contributed by atoms with Crippen molar-refractivity contribution in [2.24, 2.45) is 0 Å². The van der Waals surface area contributed by atoms with Crippen molar-refractivity contribution in [3.63, 3.8) is 0 Å². The molecule has 0 aliphatic rings. The van der Waals surface area contributed by atoms with Gasteiger partial charge in [-0.1, -0.05) is 46.0 Å². The van der Waals surface area contributed by atoms with E-state index in [1.54, 1.807) is 0 Å². The monoisotopic (exact) mass is 262 g/mol. The molecule has 0 unspecified atom stereocenters. The second kappa shape index (κ2) is 9.71. The van der Waals surface area contributed by atoms with Crippen LogP contribution in [0.25, 0.3) is 0 Å².